The molecule has 4 nitrogen and oxygen atoms in total. The van der Waals surface area contributed by atoms with Gasteiger partial charge in [-0.3, -0.25) is 4.79 Å². The number of hydrogen-bond acceptors (Lipinski definition) is 3. The van der Waals surface area contributed by atoms with Crippen molar-refractivity contribution in [2.75, 3.05) is 31.1 Å². The fourth-order valence-electron chi connectivity index (χ4n) is 1.89. The number of nitrogens with one attached hydrogen (secondary N) is 1. The number of rotatable bonds is 7. The Morgan fingerprint density at radius 1 is 1.20 bits per heavy atom. The first-order valence-electron chi connectivity index (χ1n) is 7.17. The second-order valence-corrected chi connectivity index (χ2v) is 5.72. The standard InChI is InChI=1S/C16H26N2O2/c1-5-18(6-2)14-9-7-13(8-10-14)15(20)17-11-16(3,4)12-19/h7-10,19H,5-6,11-12H2,1-4H3,(H,17,20). The molecule has 112 valence electrons. The van der Waals surface area contributed by atoms with Gasteiger partial charge in [0.05, 0.1) is 0 Å². The van der Waals surface area contributed by atoms with E-state index in [9.17, 15) is 9.90 Å². The normalized spacial score (nSPS) is 11.2. The molecule has 0 aromatic heterocycles. The Labute approximate surface area is 121 Å². The summed E-state index contributed by atoms with van der Waals surface area (Å²) in [6.45, 7) is 10.5. The number of carbonyl (C=O) groups excluding carboxylic acids is 1. The Morgan fingerprint density at radius 3 is 2.20 bits per heavy atom. The summed E-state index contributed by atoms with van der Waals surface area (Å²) in [7, 11) is 0. The van der Waals surface area contributed by atoms with Gasteiger partial charge in [0.15, 0.2) is 0 Å². The Balaban J connectivity index is 2.66. The number of aliphatic hydroxyl groups excluding tert-OH is 1. The number of amides is 1. The first-order valence-corrected chi connectivity index (χ1v) is 7.17. The van der Waals surface area contributed by atoms with Gasteiger partial charge in [-0.2, -0.15) is 0 Å². The average molecular weight is 278 g/mol. The summed E-state index contributed by atoms with van der Waals surface area (Å²) in [6, 6.07) is 7.63. The van der Waals surface area contributed by atoms with E-state index >= 15 is 0 Å². The van der Waals surface area contributed by atoms with Crippen LogP contribution >= 0.6 is 0 Å². The largest absolute Gasteiger partial charge is 0.396 e. The van der Waals surface area contributed by atoms with E-state index in [-0.39, 0.29) is 17.9 Å². The molecule has 0 atom stereocenters. The molecular formula is C16H26N2O2. The Morgan fingerprint density at radius 2 is 1.75 bits per heavy atom. The lowest BCUT2D eigenvalue weighted by atomic mass is 9.95. The zero-order chi connectivity index (χ0) is 15.2. The fraction of sp³-hybridized carbons (Fsp3) is 0.562. The van der Waals surface area contributed by atoms with Crippen molar-refractivity contribution >= 4 is 11.6 Å². The van der Waals surface area contributed by atoms with Crippen LogP contribution in [0.15, 0.2) is 24.3 Å². The molecule has 0 spiro atoms. The van der Waals surface area contributed by atoms with Gasteiger partial charge in [-0.15, -0.1) is 0 Å². The van der Waals surface area contributed by atoms with Crippen LogP contribution in [0, 0.1) is 5.41 Å². The van der Waals surface area contributed by atoms with Gasteiger partial charge in [-0.1, -0.05) is 13.8 Å². The van der Waals surface area contributed by atoms with Gasteiger partial charge in [0.25, 0.3) is 5.91 Å². The summed E-state index contributed by atoms with van der Waals surface area (Å²) in [6.07, 6.45) is 0. The zero-order valence-electron chi connectivity index (χ0n) is 12.9. The van der Waals surface area contributed by atoms with Crippen LogP contribution in [0.3, 0.4) is 0 Å². The molecule has 20 heavy (non-hydrogen) atoms. The second kappa shape index (κ2) is 7.29. The molecule has 1 amide bonds. The summed E-state index contributed by atoms with van der Waals surface area (Å²) < 4.78 is 0. The van der Waals surface area contributed by atoms with Crippen molar-refractivity contribution in [2.24, 2.45) is 5.41 Å². The highest BCUT2D eigenvalue weighted by Crippen LogP contribution is 2.16. The van der Waals surface area contributed by atoms with E-state index in [1.54, 1.807) is 0 Å². The van der Waals surface area contributed by atoms with Crippen LogP contribution in [0.25, 0.3) is 0 Å². The molecule has 0 aliphatic heterocycles. The van der Waals surface area contributed by atoms with Gasteiger partial charge in [0.2, 0.25) is 0 Å². The predicted octanol–water partition coefficient (Wildman–Crippen LogP) is 2.28. The highest BCUT2D eigenvalue weighted by molar-refractivity contribution is 5.94. The molecule has 0 fully saturated rings. The molecule has 1 aromatic rings. The predicted molar refractivity (Wildman–Crippen MR) is 83.2 cm³/mol. The SMILES string of the molecule is CCN(CC)c1ccc(C(=O)NCC(C)(C)CO)cc1. The van der Waals surface area contributed by atoms with Gasteiger partial charge < -0.3 is 15.3 Å². The molecule has 4 heteroatoms. The molecule has 2 N–H and O–H groups in total. The quantitative estimate of drug-likeness (QED) is 0.804. The summed E-state index contributed by atoms with van der Waals surface area (Å²) in [5, 5.41) is 12.0. The lowest BCUT2D eigenvalue weighted by molar-refractivity contribution is 0.0911. The first kappa shape index (κ1) is 16.5. The number of carbonyl (C=O) groups is 1. The maximum atomic E-state index is 12.0. The van der Waals surface area contributed by atoms with Crippen molar-refractivity contribution in [3.8, 4) is 0 Å². The molecule has 0 heterocycles. The van der Waals surface area contributed by atoms with E-state index in [0.717, 1.165) is 18.8 Å². The van der Waals surface area contributed by atoms with Crippen LogP contribution in [0.2, 0.25) is 0 Å². The van der Waals surface area contributed by atoms with Crippen molar-refractivity contribution in [1.82, 2.24) is 5.32 Å². The van der Waals surface area contributed by atoms with Crippen molar-refractivity contribution in [3.05, 3.63) is 29.8 Å². The fourth-order valence-corrected chi connectivity index (χ4v) is 1.89. The molecule has 0 saturated heterocycles. The monoisotopic (exact) mass is 278 g/mol. The van der Waals surface area contributed by atoms with Crippen LogP contribution in [0.4, 0.5) is 5.69 Å². The summed E-state index contributed by atoms with van der Waals surface area (Å²) >= 11 is 0. The number of anilines is 1. The topological polar surface area (TPSA) is 52.6 Å². The first-order chi connectivity index (χ1) is 9.43. The molecule has 0 radical (unpaired) electrons. The minimum atomic E-state index is -0.295. The molecule has 1 aromatic carbocycles. The zero-order valence-corrected chi connectivity index (χ0v) is 12.9. The number of benzene rings is 1. The maximum Gasteiger partial charge on any atom is 0.251 e. The molecule has 0 saturated carbocycles. The lowest BCUT2D eigenvalue weighted by Gasteiger charge is -2.22. The summed E-state index contributed by atoms with van der Waals surface area (Å²) in [4.78, 5) is 14.3. The van der Waals surface area contributed by atoms with Crippen LogP contribution in [0.5, 0.6) is 0 Å². The number of hydrogen-bond donors (Lipinski definition) is 2. The van der Waals surface area contributed by atoms with Crippen LogP contribution in [-0.4, -0.2) is 37.3 Å². The molecule has 0 aliphatic carbocycles. The van der Waals surface area contributed by atoms with Crippen molar-refractivity contribution in [1.29, 1.82) is 0 Å². The average Bonchev–Trinajstić information content (AvgIpc) is 2.47. The van der Waals surface area contributed by atoms with E-state index in [4.69, 9.17) is 0 Å². The summed E-state index contributed by atoms with van der Waals surface area (Å²) in [5.41, 5.74) is 1.48. The van der Waals surface area contributed by atoms with Gasteiger partial charge >= 0.3 is 0 Å². The van der Waals surface area contributed by atoms with Crippen LogP contribution in [0.1, 0.15) is 38.1 Å². The van der Waals surface area contributed by atoms with Gasteiger partial charge in [0.1, 0.15) is 0 Å². The molecule has 1 rings (SSSR count). The third-order valence-corrected chi connectivity index (χ3v) is 3.41. The van der Waals surface area contributed by atoms with E-state index in [1.165, 1.54) is 0 Å². The van der Waals surface area contributed by atoms with Gasteiger partial charge in [-0.05, 0) is 38.1 Å². The third kappa shape index (κ3) is 4.53. The molecule has 0 aliphatic rings. The maximum absolute atomic E-state index is 12.0. The third-order valence-electron chi connectivity index (χ3n) is 3.41. The Kier molecular flexibility index (Phi) is 6.02. The van der Waals surface area contributed by atoms with Crippen molar-refractivity contribution < 1.29 is 9.90 Å². The molecule has 0 bridgehead atoms. The minimum absolute atomic E-state index is 0.0498. The lowest BCUT2D eigenvalue weighted by Crippen LogP contribution is -2.36. The van der Waals surface area contributed by atoms with Gasteiger partial charge in [-0.25, -0.2) is 0 Å². The second-order valence-electron chi connectivity index (χ2n) is 5.72. The minimum Gasteiger partial charge on any atom is -0.396 e. The number of aliphatic hydroxyl groups is 1. The van der Waals surface area contributed by atoms with Crippen LogP contribution < -0.4 is 10.2 Å². The van der Waals surface area contributed by atoms with Crippen molar-refractivity contribution in [3.63, 3.8) is 0 Å². The van der Waals surface area contributed by atoms with E-state index in [1.807, 2.05) is 38.1 Å². The Bertz CT molecular complexity index is 423. The Hall–Kier alpha value is -1.55. The van der Waals surface area contributed by atoms with E-state index < -0.39 is 0 Å². The van der Waals surface area contributed by atoms with Gasteiger partial charge in [0, 0.05) is 42.9 Å². The van der Waals surface area contributed by atoms with E-state index in [0.29, 0.717) is 12.1 Å². The van der Waals surface area contributed by atoms with E-state index in [2.05, 4.69) is 24.1 Å². The molecule has 0 unspecified atom stereocenters. The molecular weight excluding hydrogens is 252 g/mol. The highest BCUT2D eigenvalue weighted by atomic mass is 16.3. The van der Waals surface area contributed by atoms with Crippen LogP contribution in [-0.2, 0) is 0 Å². The smallest absolute Gasteiger partial charge is 0.251 e. The highest BCUT2D eigenvalue weighted by Gasteiger charge is 2.18. The summed E-state index contributed by atoms with van der Waals surface area (Å²) in [5.74, 6) is -0.0994. The number of nitrogens with zero attached hydrogens (tertiary/aromatic N) is 1. The van der Waals surface area contributed by atoms with Crippen molar-refractivity contribution in [2.45, 2.75) is 27.7 Å².